The molecule has 4 heteroatoms. The molecule has 2 rings (SSSR count). The molecule has 17 heavy (non-hydrogen) atoms. The van der Waals surface area contributed by atoms with Crippen molar-refractivity contribution in [2.75, 3.05) is 0 Å². The van der Waals surface area contributed by atoms with Crippen molar-refractivity contribution in [3.05, 3.63) is 58.1 Å². The molecule has 0 saturated carbocycles. The van der Waals surface area contributed by atoms with Gasteiger partial charge in [-0.15, -0.1) is 0 Å². The lowest BCUT2D eigenvalue weighted by molar-refractivity contribution is 0.285. The molecule has 0 spiro atoms. The minimum absolute atomic E-state index is 0.225. The maximum Gasteiger partial charge on any atom is 0.165 e. The van der Waals surface area contributed by atoms with Gasteiger partial charge in [-0.25, -0.2) is 4.39 Å². The van der Waals surface area contributed by atoms with Gasteiger partial charge < -0.3 is 4.74 Å². The van der Waals surface area contributed by atoms with Crippen LogP contribution in [0.5, 0.6) is 5.75 Å². The van der Waals surface area contributed by atoms with E-state index in [0.29, 0.717) is 0 Å². The summed E-state index contributed by atoms with van der Waals surface area (Å²) in [6.45, 7) is 2.16. The van der Waals surface area contributed by atoms with E-state index in [4.69, 9.17) is 4.74 Å². The molecule has 0 N–H and O–H groups in total. The summed E-state index contributed by atoms with van der Waals surface area (Å²) < 4.78 is 19.6. The van der Waals surface area contributed by atoms with Crippen LogP contribution in [0.4, 0.5) is 4.39 Å². The van der Waals surface area contributed by atoms with E-state index in [0.717, 1.165) is 15.9 Å². The number of ether oxygens (including phenoxy) is 1. The Bertz CT molecular complexity index is 531. The van der Waals surface area contributed by atoms with Gasteiger partial charge in [0, 0.05) is 10.2 Å². The highest BCUT2D eigenvalue weighted by Crippen LogP contribution is 2.22. The van der Waals surface area contributed by atoms with E-state index in [2.05, 4.69) is 20.9 Å². The van der Waals surface area contributed by atoms with Crippen molar-refractivity contribution in [3.8, 4) is 5.75 Å². The van der Waals surface area contributed by atoms with Crippen LogP contribution in [0.3, 0.4) is 0 Å². The Labute approximate surface area is 108 Å². The lowest BCUT2D eigenvalue weighted by atomic mass is 10.3. The maximum absolute atomic E-state index is 13.4. The first-order valence-corrected chi connectivity index (χ1v) is 5.95. The average molecular weight is 296 g/mol. The van der Waals surface area contributed by atoms with Crippen molar-refractivity contribution in [3.63, 3.8) is 0 Å². The number of benzene rings is 1. The topological polar surface area (TPSA) is 22.1 Å². The number of hydrogen-bond donors (Lipinski definition) is 0. The van der Waals surface area contributed by atoms with Crippen LogP contribution >= 0.6 is 15.9 Å². The van der Waals surface area contributed by atoms with Crippen molar-refractivity contribution in [2.24, 2.45) is 0 Å². The Hall–Kier alpha value is -1.42. The smallest absolute Gasteiger partial charge is 0.165 e. The summed E-state index contributed by atoms with van der Waals surface area (Å²) in [5.74, 6) is -0.150. The number of aromatic nitrogens is 1. The van der Waals surface area contributed by atoms with Gasteiger partial charge in [0.25, 0.3) is 0 Å². The van der Waals surface area contributed by atoms with Crippen molar-refractivity contribution in [1.29, 1.82) is 0 Å². The molecule has 0 aliphatic rings. The molecule has 88 valence electrons. The fourth-order valence-corrected chi connectivity index (χ4v) is 1.76. The second-order valence-electron chi connectivity index (χ2n) is 3.63. The maximum atomic E-state index is 13.4. The zero-order chi connectivity index (χ0) is 12.3. The predicted octanol–water partition coefficient (Wildman–Crippen LogP) is 3.87. The van der Waals surface area contributed by atoms with Crippen LogP contribution in [-0.2, 0) is 6.61 Å². The van der Waals surface area contributed by atoms with E-state index in [-0.39, 0.29) is 18.2 Å². The summed E-state index contributed by atoms with van der Waals surface area (Å²) >= 11 is 3.27. The molecule has 0 radical (unpaired) electrons. The molecule has 0 saturated heterocycles. The van der Waals surface area contributed by atoms with Gasteiger partial charge in [-0.2, -0.15) is 0 Å². The zero-order valence-corrected chi connectivity index (χ0v) is 10.9. The average Bonchev–Trinajstić information content (AvgIpc) is 2.30. The highest BCUT2D eigenvalue weighted by Gasteiger charge is 2.04. The SMILES string of the molecule is Cc1cccc(COc2cc(Br)ccc2F)n1. The van der Waals surface area contributed by atoms with E-state index in [1.54, 1.807) is 12.1 Å². The molecule has 0 amide bonds. The second-order valence-corrected chi connectivity index (χ2v) is 4.55. The van der Waals surface area contributed by atoms with E-state index in [9.17, 15) is 4.39 Å². The first-order chi connectivity index (χ1) is 8.15. The summed E-state index contributed by atoms with van der Waals surface area (Å²) in [4.78, 5) is 4.28. The van der Waals surface area contributed by atoms with Crippen LogP contribution in [0, 0.1) is 12.7 Å². The summed E-state index contributed by atoms with van der Waals surface area (Å²) in [5.41, 5.74) is 1.70. The molecule has 0 atom stereocenters. The van der Waals surface area contributed by atoms with Crippen molar-refractivity contribution in [1.82, 2.24) is 4.98 Å². The van der Waals surface area contributed by atoms with E-state index in [1.807, 2.05) is 25.1 Å². The van der Waals surface area contributed by atoms with Gasteiger partial charge in [0.2, 0.25) is 0 Å². The number of hydrogen-bond acceptors (Lipinski definition) is 2. The van der Waals surface area contributed by atoms with Gasteiger partial charge in [-0.3, -0.25) is 4.98 Å². The van der Waals surface area contributed by atoms with Crippen LogP contribution < -0.4 is 4.74 Å². The van der Waals surface area contributed by atoms with Crippen molar-refractivity contribution >= 4 is 15.9 Å². The molecule has 0 fully saturated rings. The molecular formula is C13H11BrFNO. The Morgan fingerprint density at radius 2 is 2.12 bits per heavy atom. The summed E-state index contributed by atoms with van der Waals surface area (Å²) in [7, 11) is 0. The Morgan fingerprint density at radius 1 is 1.29 bits per heavy atom. The van der Waals surface area contributed by atoms with Gasteiger partial charge >= 0.3 is 0 Å². The number of rotatable bonds is 3. The summed E-state index contributed by atoms with van der Waals surface area (Å²) in [5, 5.41) is 0. The largest absolute Gasteiger partial charge is 0.484 e. The highest BCUT2D eigenvalue weighted by molar-refractivity contribution is 9.10. The van der Waals surface area contributed by atoms with Gasteiger partial charge in [0.05, 0.1) is 5.69 Å². The third-order valence-electron chi connectivity index (χ3n) is 2.21. The standard InChI is InChI=1S/C13H11BrFNO/c1-9-3-2-4-11(16-9)8-17-13-7-10(14)5-6-12(13)15/h2-7H,8H2,1H3. The Kier molecular flexibility index (Phi) is 3.74. The van der Waals surface area contributed by atoms with Crippen molar-refractivity contribution in [2.45, 2.75) is 13.5 Å². The lowest BCUT2D eigenvalue weighted by Crippen LogP contribution is -2.00. The van der Waals surface area contributed by atoms with Crippen LogP contribution in [0.25, 0.3) is 0 Å². The fraction of sp³-hybridized carbons (Fsp3) is 0.154. The Morgan fingerprint density at radius 3 is 2.88 bits per heavy atom. The first kappa shape index (κ1) is 12.0. The van der Waals surface area contributed by atoms with Crippen molar-refractivity contribution < 1.29 is 9.13 Å². The molecule has 2 nitrogen and oxygen atoms in total. The first-order valence-electron chi connectivity index (χ1n) is 5.15. The van der Waals surface area contributed by atoms with E-state index < -0.39 is 0 Å². The summed E-state index contributed by atoms with van der Waals surface area (Å²) in [6, 6.07) is 10.3. The molecular weight excluding hydrogens is 285 g/mol. The zero-order valence-electron chi connectivity index (χ0n) is 9.28. The molecule has 1 aromatic heterocycles. The number of nitrogens with zero attached hydrogens (tertiary/aromatic N) is 1. The van der Waals surface area contributed by atoms with Gasteiger partial charge in [0.1, 0.15) is 6.61 Å². The Balaban J connectivity index is 2.09. The molecule has 0 aliphatic heterocycles. The second kappa shape index (κ2) is 5.27. The predicted molar refractivity (Wildman–Crippen MR) is 67.4 cm³/mol. The van der Waals surface area contributed by atoms with Crippen LogP contribution in [0.1, 0.15) is 11.4 Å². The third kappa shape index (κ3) is 3.27. The number of pyridine rings is 1. The highest BCUT2D eigenvalue weighted by atomic mass is 79.9. The third-order valence-corrected chi connectivity index (χ3v) is 2.71. The van der Waals surface area contributed by atoms with Crippen LogP contribution in [-0.4, -0.2) is 4.98 Å². The minimum Gasteiger partial charge on any atom is -0.484 e. The van der Waals surface area contributed by atoms with Gasteiger partial charge in [0.15, 0.2) is 11.6 Å². The number of aryl methyl sites for hydroxylation is 1. The van der Waals surface area contributed by atoms with Crippen LogP contribution in [0.15, 0.2) is 40.9 Å². The van der Waals surface area contributed by atoms with Gasteiger partial charge in [-0.05, 0) is 37.3 Å². The number of halogens is 2. The fourth-order valence-electron chi connectivity index (χ4n) is 1.42. The van der Waals surface area contributed by atoms with Crippen LogP contribution in [0.2, 0.25) is 0 Å². The molecule has 1 aromatic carbocycles. The van der Waals surface area contributed by atoms with E-state index in [1.165, 1.54) is 6.07 Å². The molecule has 0 bridgehead atoms. The molecule has 0 unspecified atom stereocenters. The monoisotopic (exact) mass is 295 g/mol. The summed E-state index contributed by atoms with van der Waals surface area (Å²) in [6.07, 6.45) is 0. The molecule has 1 heterocycles. The molecule has 2 aromatic rings. The quantitative estimate of drug-likeness (QED) is 0.857. The van der Waals surface area contributed by atoms with Gasteiger partial charge in [-0.1, -0.05) is 22.0 Å². The lowest BCUT2D eigenvalue weighted by Gasteiger charge is -2.07. The minimum atomic E-state index is -0.374. The normalized spacial score (nSPS) is 10.3. The molecule has 0 aliphatic carbocycles. The van der Waals surface area contributed by atoms with E-state index >= 15 is 0 Å².